The summed E-state index contributed by atoms with van der Waals surface area (Å²) in [5, 5.41) is 2.91. The lowest BCUT2D eigenvalue weighted by atomic mass is 9.73. The number of hydrogen-bond acceptors (Lipinski definition) is 3. The number of ether oxygens (including phenoxy) is 2. The zero-order valence-electron chi connectivity index (χ0n) is 13.5. The van der Waals surface area contributed by atoms with E-state index >= 15 is 0 Å². The predicted molar refractivity (Wildman–Crippen MR) is 89.8 cm³/mol. The Morgan fingerprint density at radius 3 is 2.42 bits per heavy atom. The molecule has 2 aromatic carbocycles. The summed E-state index contributed by atoms with van der Waals surface area (Å²) in [4.78, 5) is 13.0. The number of methoxy groups -OCH3 is 1. The number of benzene rings is 2. The third-order valence-electron chi connectivity index (χ3n) is 4.52. The summed E-state index contributed by atoms with van der Waals surface area (Å²) in [6.07, 6.45) is 0.909. The Morgan fingerprint density at radius 1 is 1.12 bits per heavy atom. The van der Waals surface area contributed by atoms with Crippen molar-refractivity contribution in [2.24, 2.45) is 0 Å². The van der Waals surface area contributed by atoms with Crippen LogP contribution in [0.1, 0.15) is 18.4 Å². The zero-order chi connectivity index (χ0) is 17.0. The average Bonchev–Trinajstić information content (AvgIpc) is 2.63. The first kappa shape index (κ1) is 16.5. The lowest BCUT2D eigenvalue weighted by molar-refractivity contribution is -0.125. The molecule has 0 spiro atoms. The van der Waals surface area contributed by atoms with Crippen LogP contribution < -0.4 is 10.1 Å². The molecular formula is C19H20FNO3. The summed E-state index contributed by atoms with van der Waals surface area (Å²) >= 11 is 0. The van der Waals surface area contributed by atoms with Crippen LogP contribution in [0.2, 0.25) is 0 Å². The Morgan fingerprint density at radius 2 is 1.79 bits per heavy atom. The normalized spacial score (nSPS) is 16.4. The van der Waals surface area contributed by atoms with Crippen molar-refractivity contribution in [2.45, 2.75) is 18.3 Å². The minimum Gasteiger partial charge on any atom is -0.497 e. The third kappa shape index (κ3) is 3.12. The van der Waals surface area contributed by atoms with E-state index in [0.717, 1.165) is 0 Å². The highest BCUT2D eigenvalue weighted by Gasteiger charge is 2.43. The molecule has 1 saturated heterocycles. The van der Waals surface area contributed by atoms with E-state index in [1.54, 1.807) is 49.6 Å². The maximum Gasteiger partial charge on any atom is 0.235 e. The summed E-state index contributed by atoms with van der Waals surface area (Å²) in [6, 6.07) is 13.6. The summed E-state index contributed by atoms with van der Waals surface area (Å²) in [5.41, 5.74) is 0.172. The van der Waals surface area contributed by atoms with Gasteiger partial charge in [0.15, 0.2) is 0 Å². The molecule has 126 valence electrons. The highest BCUT2D eigenvalue weighted by Crippen LogP contribution is 2.37. The fourth-order valence-corrected chi connectivity index (χ4v) is 3.11. The lowest BCUT2D eigenvalue weighted by Gasteiger charge is -2.36. The average molecular weight is 329 g/mol. The zero-order valence-corrected chi connectivity index (χ0v) is 13.5. The van der Waals surface area contributed by atoms with Gasteiger partial charge in [-0.1, -0.05) is 18.2 Å². The van der Waals surface area contributed by atoms with E-state index < -0.39 is 5.41 Å². The van der Waals surface area contributed by atoms with Crippen LogP contribution in [0.5, 0.6) is 5.75 Å². The number of nitrogens with one attached hydrogen (secondary N) is 1. The second kappa shape index (κ2) is 7.01. The van der Waals surface area contributed by atoms with Crippen molar-refractivity contribution < 1.29 is 18.7 Å². The monoisotopic (exact) mass is 329 g/mol. The SMILES string of the molecule is COc1ccc(NC(=O)C2(c3ccccc3F)CCOCC2)cc1. The summed E-state index contributed by atoms with van der Waals surface area (Å²) < 4.78 is 24.9. The maximum atomic E-state index is 14.4. The van der Waals surface area contributed by atoms with Gasteiger partial charge in [-0.25, -0.2) is 4.39 Å². The first-order valence-electron chi connectivity index (χ1n) is 7.94. The molecule has 0 atom stereocenters. The van der Waals surface area contributed by atoms with Crippen LogP contribution in [0.4, 0.5) is 10.1 Å². The van der Waals surface area contributed by atoms with Gasteiger partial charge in [0.2, 0.25) is 5.91 Å². The van der Waals surface area contributed by atoms with Crippen LogP contribution in [-0.2, 0) is 14.9 Å². The third-order valence-corrected chi connectivity index (χ3v) is 4.52. The number of hydrogen-bond donors (Lipinski definition) is 1. The number of halogens is 1. The highest BCUT2D eigenvalue weighted by molar-refractivity contribution is 5.99. The van der Waals surface area contributed by atoms with E-state index in [1.807, 2.05) is 0 Å². The maximum absolute atomic E-state index is 14.4. The van der Waals surface area contributed by atoms with Gasteiger partial charge in [-0.3, -0.25) is 4.79 Å². The van der Waals surface area contributed by atoms with Gasteiger partial charge in [0, 0.05) is 24.5 Å². The van der Waals surface area contributed by atoms with E-state index in [-0.39, 0.29) is 11.7 Å². The molecule has 0 aromatic heterocycles. The van der Waals surface area contributed by atoms with Gasteiger partial charge in [0.1, 0.15) is 11.6 Å². The van der Waals surface area contributed by atoms with Gasteiger partial charge in [0.05, 0.1) is 12.5 Å². The quantitative estimate of drug-likeness (QED) is 0.933. The van der Waals surface area contributed by atoms with Crippen LogP contribution in [0, 0.1) is 5.82 Å². The molecule has 0 aliphatic carbocycles. The Balaban J connectivity index is 1.90. The molecule has 0 radical (unpaired) electrons. The molecule has 1 fully saturated rings. The molecule has 1 aliphatic rings. The Hall–Kier alpha value is -2.40. The summed E-state index contributed by atoms with van der Waals surface area (Å²) in [7, 11) is 1.59. The van der Waals surface area contributed by atoms with E-state index in [9.17, 15) is 9.18 Å². The Labute approximate surface area is 140 Å². The van der Waals surface area contributed by atoms with Gasteiger partial charge >= 0.3 is 0 Å². The molecule has 1 heterocycles. The molecule has 1 N–H and O–H groups in total. The van der Waals surface area contributed by atoms with Crippen LogP contribution in [0.15, 0.2) is 48.5 Å². The van der Waals surface area contributed by atoms with Crippen molar-refractivity contribution in [2.75, 3.05) is 25.6 Å². The second-order valence-corrected chi connectivity index (χ2v) is 5.86. The van der Waals surface area contributed by atoms with Crippen molar-refractivity contribution >= 4 is 11.6 Å². The van der Waals surface area contributed by atoms with Crippen LogP contribution in [0.3, 0.4) is 0 Å². The van der Waals surface area contributed by atoms with Gasteiger partial charge < -0.3 is 14.8 Å². The highest BCUT2D eigenvalue weighted by atomic mass is 19.1. The van der Waals surface area contributed by atoms with Crippen molar-refractivity contribution in [3.63, 3.8) is 0 Å². The molecule has 0 saturated carbocycles. The standard InChI is InChI=1S/C19H20FNO3/c1-23-15-8-6-14(7-9-15)21-18(22)19(10-12-24-13-11-19)16-4-2-3-5-17(16)20/h2-9H,10-13H2,1H3,(H,21,22). The van der Waals surface area contributed by atoms with Gasteiger partial charge in [0.25, 0.3) is 0 Å². The van der Waals surface area contributed by atoms with Crippen LogP contribution in [-0.4, -0.2) is 26.2 Å². The molecule has 2 aromatic rings. The minimum atomic E-state index is -0.913. The molecule has 0 unspecified atom stereocenters. The molecule has 0 bridgehead atoms. The molecule has 1 aliphatic heterocycles. The van der Waals surface area contributed by atoms with Crippen LogP contribution in [0.25, 0.3) is 0 Å². The number of anilines is 1. The number of rotatable bonds is 4. The van der Waals surface area contributed by atoms with Crippen molar-refractivity contribution in [3.8, 4) is 5.75 Å². The lowest BCUT2D eigenvalue weighted by Crippen LogP contribution is -2.45. The Bertz CT molecular complexity index is 709. The smallest absolute Gasteiger partial charge is 0.235 e. The van der Waals surface area contributed by atoms with E-state index in [0.29, 0.717) is 43.1 Å². The van der Waals surface area contributed by atoms with E-state index in [2.05, 4.69) is 5.32 Å². The van der Waals surface area contributed by atoms with Gasteiger partial charge in [-0.15, -0.1) is 0 Å². The fourth-order valence-electron chi connectivity index (χ4n) is 3.11. The fraction of sp³-hybridized carbons (Fsp3) is 0.316. The molecule has 3 rings (SSSR count). The second-order valence-electron chi connectivity index (χ2n) is 5.86. The Kier molecular flexibility index (Phi) is 4.81. The van der Waals surface area contributed by atoms with Crippen molar-refractivity contribution in [1.29, 1.82) is 0 Å². The van der Waals surface area contributed by atoms with E-state index in [4.69, 9.17) is 9.47 Å². The van der Waals surface area contributed by atoms with Crippen molar-refractivity contribution in [1.82, 2.24) is 0 Å². The number of amides is 1. The molecule has 5 heteroatoms. The van der Waals surface area contributed by atoms with Gasteiger partial charge in [-0.2, -0.15) is 0 Å². The molecule has 4 nitrogen and oxygen atoms in total. The predicted octanol–water partition coefficient (Wildman–Crippen LogP) is 3.52. The molecule has 24 heavy (non-hydrogen) atoms. The first-order valence-corrected chi connectivity index (χ1v) is 7.94. The largest absolute Gasteiger partial charge is 0.497 e. The first-order chi connectivity index (χ1) is 11.7. The summed E-state index contributed by atoms with van der Waals surface area (Å²) in [5.74, 6) is 0.147. The topological polar surface area (TPSA) is 47.6 Å². The molecular weight excluding hydrogens is 309 g/mol. The number of carbonyl (C=O) groups excluding carboxylic acids is 1. The van der Waals surface area contributed by atoms with Crippen LogP contribution >= 0.6 is 0 Å². The van der Waals surface area contributed by atoms with Gasteiger partial charge in [-0.05, 0) is 43.2 Å². The number of carbonyl (C=O) groups is 1. The summed E-state index contributed by atoms with van der Waals surface area (Å²) in [6.45, 7) is 0.870. The van der Waals surface area contributed by atoms with E-state index in [1.165, 1.54) is 6.07 Å². The van der Waals surface area contributed by atoms with Crippen molar-refractivity contribution in [3.05, 3.63) is 59.9 Å². The minimum absolute atomic E-state index is 0.207. The molecule has 1 amide bonds.